The van der Waals surface area contributed by atoms with E-state index in [1.54, 1.807) is 12.1 Å². The van der Waals surface area contributed by atoms with Crippen LogP contribution < -0.4 is 0 Å². The lowest BCUT2D eigenvalue weighted by Gasteiger charge is -2.09. The van der Waals surface area contributed by atoms with Crippen LogP contribution in [0.4, 0.5) is 0 Å². The third kappa shape index (κ3) is 8.44. The molecule has 0 aliphatic carbocycles. The molecule has 0 aliphatic heterocycles. The van der Waals surface area contributed by atoms with Gasteiger partial charge in [0.25, 0.3) is 0 Å². The molecule has 1 heteroatoms. The molecule has 0 saturated heterocycles. The molecule has 1 N–H and O–H groups in total. The molecular weight excluding hydrogens is 424 g/mol. The molecule has 0 aliphatic rings. The maximum absolute atomic E-state index is 9.27. The Hall–Kier alpha value is -3.32. The smallest absolute Gasteiger partial charge is 0.115 e. The first-order valence-electron chi connectivity index (χ1n) is 13.0. The second-order valence-corrected chi connectivity index (χ2v) is 9.74. The topological polar surface area (TPSA) is 20.2 Å². The second-order valence-electron chi connectivity index (χ2n) is 9.74. The van der Waals surface area contributed by atoms with Gasteiger partial charge in [0.05, 0.1) is 0 Å². The highest BCUT2D eigenvalue weighted by atomic mass is 16.3. The number of phenolic OH excluding ortho intramolecular Hbond substituents is 1. The number of rotatable bonds is 8. The van der Waals surface area contributed by atoms with Crippen LogP contribution >= 0.6 is 0 Å². The Balaban J connectivity index is 0.000000196. The van der Waals surface area contributed by atoms with Crippen molar-refractivity contribution >= 4 is 0 Å². The molecule has 0 fully saturated rings. The molecule has 4 aromatic rings. The lowest BCUT2D eigenvalue weighted by Crippen LogP contribution is -1.97. The van der Waals surface area contributed by atoms with E-state index in [0.717, 1.165) is 23.8 Å². The van der Waals surface area contributed by atoms with Gasteiger partial charge in [0.15, 0.2) is 0 Å². The minimum absolute atomic E-state index is 0.312. The van der Waals surface area contributed by atoms with Crippen LogP contribution in [0.5, 0.6) is 5.75 Å². The Bertz CT molecular complexity index is 1110. The number of benzene rings is 4. The monoisotopic (exact) mass is 464 g/mol. The Morgan fingerprint density at radius 3 is 1.20 bits per heavy atom. The van der Waals surface area contributed by atoms with Crippen LogP contribution in [-0.2, 0) is 12.8 Å². The van der Waals surface area contributed by atoms with Gasteiger partial charge < -0.3 is 5.11 Å². The highest BCUT2D eigenvalue weighted by Gasteiger charge is 2.03. The Labute approximate surface area is 212 Å². The zero-order valence-corrected chi connectivity index (χ0v) is 21.7. The second kappa shape index (κ2) is 13.5. The minimum atomic E-state index is 0.312. The van der Waals surface area contributed by atoms with Crippen LogP contribution in [0.2, 0.25) is 0 Å². The zero-order chi connectivity index (χ0) is 25.0. The zero-order valence-electron chi connectivity index (χ0n) is 21.7. The summed E-state index contributed by atoms with van der Waals surface area (Å²) in [6.07, 6.45) is 4.80. The van der Waals surface area contributed by atoms with Gasteiger partial charge in [0.1, 0.15) is 5.75 Å². The van der Waals surface area contributed by atoms with Crippen LogP contribution in [0.15, 0.2) is 103 Å². The largest absolute Gasteiger partial charge is 0.508 e. The Morgan fingerprint density at radius 2 is 0.829 bits per heavy atom. The summed E-state index contributed by atoms with van der Waals surface area (Å²) in [6, 6.07) is 35.6. The van der Waals surface area contributed by atoms with Crippen molar-refractivity contribution in [2.45, 2.75) is 53.4 Å². The molecule has 0 heterocycles. The SMILES string of the molecule is CCC(C)Cc1ccc(-c2ccc(O)cc2)cc1.CCC(C)Cc1ccc(-c2ccccc2)cc1. The summed E-state index contributed by atoms with van der Waals surface area (Å²) in [4.78, 5) is 0. The first-order chi connectivity index (χ1) is 17.0. The van der Waals surface area contributed by atoms with Gasteiger partial charge in [-0.2, -0.15) is 0 Å². The predicted octanol–water partition coefficient (Wildman–Crippen LogP) is 9.59. The van der Waals surface area contributed by atoms with Crippen molar-refractivity contribution < 1.29 is 5.11 Å². The summed E-state index contributed by atoms with van der Waals surface area (Å²) >= 11 is 0. The van der Waals surface area contributed by atoms with E-state index in [1.807, 2.05) is 12.1 Å². The molecule has 35 heavy (non-hydrogen) atoms. The van der Waals surface area contributed by atoms with Crippen molar-refractivity contribution in [1.82, 2.24) is 0 Å². The number of phenols is 1. The van der Waals surface area contributed by atoms with E-state index >= 15 is 0 Å². The quantitative estimate of drug-likeness (QED) is 0.275. The van der Waals surface area contributed by atoms with E-state index in [9.17, 15) is 5.11 Å². The first kappa shape index (κ1) is 26.3. The fraction of sp³-hybridized carbons (Fsp3) is 0.294. The summed E-state index contributed by atoms with van der Waals surface area (Å²) in [5.41, 5.74) is 7.78. The standard InChI is InChI=1S/C17H20O.C17H20/c1-3-13(2)12-14-4-6-15(7-5-14)16-8-10-17(18)11-9-16;1-3-14(2)13-15-9-11-17(12-10-15)16-7-5-4-6-8-16/h4-11,13,18H,3,12H2,1-2H3;4-12,14H,3,13H2,1-2H3. The highest BCUT2D eigenvalue weighted by Crippen LogP contribution is 2.23. The van der Waals surface area contributed by atoms with Crippen LogP contribution in [0.25, 0.3) is 22.3 Å². The van der Waals surface area contributed by atoms with Crippen molar-refractivity contribution in [3.63, 3.8) is 0 Å². The number of hydrogen-bond acceptors (Lipinski definition) is 1. The van der Waals surface area contributed by atoms with Gasteiger partial charge >= 0.3 is 0 Å². The number of aromatic hydroxyl groups is 1. The van der Waals surface area contributed by atoms with Crippen molar-refractivity contribution in [1.29, 1.82) is 0 Å². The molecule has 1 nitrogen and oxygen atoms in total. The van der Waals surface area contributed by atoms with Crippen LogP contribution in [0.3, 0.4) is 0 Å². The van der Waals surface area contributed by atoms with Crippen LogP contribution in [0, 0.1) is 11.8 Å². The molecule has 0 bridgehead atoms. The predicted molar refractivity (Wildman–Crippen MR) is 152 cm³/mol. The molecule has 0 aromatic heterocycles. The van der Waals surface area contributed by atoms with Gasteiger partial charge in [-0.1, -0.05) is 132 Å². The van der Waals surface area contributed by atoms with Crippen molar-refractivity contribution in [2.75, 3.05) is 0 Å². The van der Waals surface area contributed by atoms with Gasteiger partial charge in [-0.05, 0) is 70.2 Å². The summed E-state index contributed by atoms with van der Waals surface area (Å²) in [6.45, 7) is 9.08. The molecule has 0 amide bonds. The molecule has 2 atom stereocenters. The molecular formula is C34H40O. The first-order valence-corrected chi connectivity index (χ1v) is 13.0. The van der Waals surface area contributed by atoms with E-state index in [4.69, 9.17) is 0 Å². The highest BCUT2D eigenvalue weighted by molar-refractivity contribution is 5.64. The van der Waals surface area contributed by atoms with Crippen LogP contribution in [0.1, 0.15) is 51.7 Å². The van der Waals surface area contributed by atoms with E-state index in [2.05, 4.69) is 107 Å². The number of hydrogen-bond donors (Lipinski definition) is 1. The Morgan fingerprint density at radius 1 is 0.486 bits per heavy atom. The third-order valence-electron chi connectivity index (χ3n) is 6.78. The van der Waals surface area contributed by atoms with Gasteiger partial charge in [-0.3, -0.25) is 0 Å². The molecule has 0 saturated carbocycles. The van der Waals surface area contributed by atoms with Crippen molar-refractivity contribution in [3.05, 3.63) is 114 Å². The lowest BCUT2D eigenvalue weighted by atomic mass is 9.97. The maximum Gasteiger partial charge on any atom is 0.115 e. The molecule has 0 spiro atoms. The molecule has 182 valence electrons. The van der Waals surface area contributed by atoms with E-state index < -0.39 is 0 Å². The van der Waals surface area contributed by atoms with Crippen LogP contribution in [-0.4, -0.2) is 5.11 Å². The molecule has 0 radical (unpaired) electrons. The summed E-state index contributed by atoms with van der Waals surface area (Å²) in [5, 5.41) is 9.27. The van der Waals surface area contributed by atoms with Gasteiger partial charge in [-0.25, -0.2) is 0 Å². The lowest BCUT2D eigenvalue weighted by molar-refractivity contribution is 0.475. The van der Waals surface area contributed by atoms with Gasteiger partial charge in [0.2, 0.25) is 0 Å². The normalized spacial score (nSPS) is 12.3. The van der Waals surface area contributed by atoms with E-state index in [1.165, 1.54) is 47.1 Å². The van der Waals surface area contributed by atoms with Crippen molar-refractivity contribution in [3.8, 4) is 28.0 Å². The summed E-state index contributed by atoms with van der Waals surface area (Å²) < 4.78 is 0. The Kier molecular flexibility index (Phi) is 10.2. The molecule has 4 aromatic carbocycles. The van der Waals surface area contributed by atoms with E-state index in [-0.39, 0.29) is 0 Å². The van der Waals surface area contributed by atoms with Gasteiger partial charge in [-0.15, -0.1) is 0 Å². The van der Waals surface area contributed by atoms with Crippen molar-refractivity contribution in [2.24, 2.45) is 11.8 Å². The molecule has 2 unspecified atom stereocenters. The maximum atomic E-state index is 9.27. The fourth-order valence-corrected chi connectivity index (χ4v) is 4.04. The average molecular weight is 465 g/mol. The summed E-state index contributed by atoms with van der Waals surface area (Å²) in [5.74, 6) is 1.83. The van der Waals surface area contributed by atoms with Gasteiger partial charge in [0, 0.05) is 0 Å². The molecule has 4 rings (SSSR count). The van der Waals surface area contributed by atoms with E-state index in [0.29, 0.717) is 5.75 Å². The fourth-order valence-electron chi connectivity index (χ4n) is 4.04. The third-order valence-corrected chi connectivity index (χ3v) is 6.78. The summed E-state index contributed by atoms with van der Waals surface area (Å²) in [7, 11) is 0. The minimum Gasteiger partial charge on any atom is -0.508 e. The average Bonchev–Trinajstić information content (AvgIpc) is 2.91.